The van der Waals surface area contributed by atoms with E-state index in [9.17, 15) is 18.0 Å². The minimum Gasteiger partial charge on any atom is -0.480 e. The van der Waals surface area contributed by atoms with Crippen LogP contribution in [-0.4, -0.2) is 46.9 Å². The van der Waals surface area contributed by atoms with Crippen LogP contribution in [0.15, 0.2) is 0 Å². The van der Waals surface area contributed by atoms with Crippen LogP contribution >= 0.6 is 11.3 Å². The summed E-state index contributed by atoms with van der Waals surface area (Å²) in [4.78, 5) is 12.3. The molecule has 0 bridgehead atoms. The number of carbonyl (C=O) groups is 1. The lowest BCUT2D eigenvalue weighted by Crippen LogP contribution is -2.55. The Bertz CT molecular complexity index is 450. The maximum Gasteiger partial charge on any atom is 0.445 e. The van der Waals surface area contributed by atoms with Crippen LogP contribution in [0.25, 0.3) is 0 Å². The van der Waals surface area contributed by atoms with Gasteiger partial charge in [0, 0.05) is 19.6 Å². The number of alkyl halides is 3. The van der Waals surface area contributed by atoms with Gasteiger partial charge in [-0.1, -0.05) is 11.3 Å². The van der Waals surface area contributed by atoms with Crippen molar-refractivity contribution in [1.82, 2.24) is 15.5 Å². The van der Waals surface area contributed by atoms with Crippen LogP contribution in [0.4, 0.5) is 18.3 Å². The van der Waals surface area contributed by atoms with Crippen molar-refractivity contribution >= 4 is 22.4 Å². The first-order valence-corrected chi connectivity index (χ1v) is 5.82. The molecule has 2 heterocycles. The Labute approximate surface area is 103 Å². The summed E-state index contributed by atoms with van der Waals surface area (Å²) < 4.78 is 37.2. The topological polar surface area (TPSA) is 78.4 Å². The third-order valence-corrected chi connectivity index (χ3v) is 3.44. The van der Waals surface area contributed by atoms with Crippen molar-refractivity contribution in [1.29, 1.82) is 0 Å². The Morgan fingerprint density at radius 2 is 2.22 bits per heavy atom. The molecule has 2 N–H and O–H groups in total. The minimum absolute atomic E-state index is 0.0174. The van der Waals surface area contributed by atoms with Gasteiger partial charge in [-0.3, -0.25) is 0 Å². The lowest BCUT2D eigenvalue weighted by molar-refractivity contribution is -0.139. The van der Waals surface area contributed by atoms with Crippen LogP contribution in [0.3, 0.4) is 0 Å². The summed E-state index contributed by atoms with van der Waals surface area (Å²) in [6.07, 6.45) is -4.55. The van der Waals surface area contributed by atoms with Crippen molar-refractivity contribution in [3.05, 3.63) is 5.01 Å². The Kier molecular flexibility index (Phi) is 3.39. The SMILES string of the molecule is O=C(O)C1CNCCN1c1nnc(C(F)(F)F)s1. The Morgan fingerprint density at radius 3 is 2.78 bits per heavy atom. The summed E-state index contributed by atoms with van der Waals surface area (Å²) in [6.45, 7) is 0.935. The highest BCUT2D eigenvalue weighted by atomic mass is 32.1. The number of hydrogen-bond donors (Lipinski definition) is 2. The molecule has 1 aliphatic rings. The van der Waals surface area contributed by atoms with E-state index in [2.05, 4.69) is 15.5 Å². The molecule has 1 aromatic rings. The molecule has 6 nitrogen and oxygen atoms in total. The molecule has 2 rings (SSSR count). The molecule has 0 spiro atoms. The highest BCUT2D eigenvalue weighted by molar-refractivity contribution is 7.15. The van der Waals surface area contributed by atoms with E-state index in [1.165, 1.54) is 4.90 Å². The molecular weight excluding hydrogens is 273 g/mol. The molecule has 0 radical (unpaired) electrons. The average molecular weight is 282 g/mol. The van der Waals surface area contributed by atoms with Crippen LogP contribution in [0.1, 0.15) is 5.01 Å². The smallest absolute Gasteiger partial charge is 0.445 e. The Morgan fingerprint density at radius 1 is 1.50 bits per heavy atom. The molecule has 1 atom stereocenters. The van der Waals surface area contributed by atoms with Crippen molar-refractivity contribution in [3.63, 3.8) is 0 Å². The van der Waals surface area contributed by atoms with Crippen molar-refractivity contribution in [3.8, 4) is 0 Å². The molecule has 1 fully saturated rings. The standard InChI is InChI=1S/C8H9F3N4O2S/c9-8(10,11)6-13-14-7(18-6)15-2-1-12-3-4(15)5(16)17/h4,12H,1-3H2,(H,16,17). The van der Waals surface area contributed by atoms with E-state index in [-0.39, 0.29) is 18.2 Å². The Hall–Kier alpha value is -1.42. The zero-order valence-electron chi connectivity index (χ0n) is 8.94. The number of rotatable bonds is 2. The number of nitrogens with one attached hydrogen (secondary N) is 1. The monoisotopic (exact) mass is 282 g/mol. The summed E-state index contributed by atoms with van der Waals surface area (Å²) >= 11 is 0.355. The number of anilines is 1. The van der Waals surface area contributed by atoms with E-state index in [4.69, 9.17) is 5.11 Å². The highest BCUT2D eigenvalue weighted by Crippen LogP contribution is 2.34. The predicted octanol–water partition coefficient (Wildman–Crippen LogP) is 0.420. The summed E-state index contributed by atoms with van der Waals surface area (Å²) in [6, 6.07) is -0.923. The van der Waals surface area contributed by atoms with E-state index in [0.29, 0.717) is 17.9 Å². The third-order valence-electron chi connectivity index (χ3n) is 2.43. The molecule has 1 unspecified atom stereocenters. The highest BCUT2D eigenvalue weighted by Gasteiger charge is 2.38. The van der Waals surface area contributed by atoms with Crippen LogP contribution in [-0.2, 0) is 11.0 Å². The molecule has 18 heavy (non-hydrogen) atoms. The normalized spacial score (nSPS) is 21.1. The van der Waals surface area contributed by atoms with Crippen LogP contribution in [0, 0.1) is 0 Å². The van der Waals surface area contributed by atoms with Gasteiger partial charge in [0.1, 0.15) is 6.04 Å². The molecule has 0 aromatic carbocycles. The fourth-order valence-corrected chi connectivity index (χ4v) is 2.39. The summed E-state index contributed by atoms with van der Waals surface area (Å²) in [5, 5.41) is 17.2. The van der Waals surface area contributed by atoms with E-state index >= 15 is 0 Å². The summed E-state index contributed by atoms with van der Waals surface area (Å²) in [5.41, 5.74) is 0. The molecule has 1 aliphatic heterocycles. The Balaban J connectivity index is 2.24. The number of hydrogen-bond acceptors (Lipinski definition) is 6. The van der Waals surface area contributed by atoms with Gasteiger partial charge < -0.3 is 15.3 Å². The first-order valence-electron chi connectivity index (χ1n) is 5.00. The number of aliphatic carboxylic acids is 1. The van der Waals surface area contributed by atoms with Crippen molar-refractivity contribution in [2.45, 2.75) is 12.2 Å². The van der Waals surface area contributed by atoms with E-state index in [0.717, 1.165) is 0 Å². The molecular formula is C8H9F3N4O2S. The van der Waals surface area contributed by atoms with E-state index < -0.39 is 23.2 Å². The van der Waals surface area contributed by atoms with E-state index in [1.807, 2.05) is 0 Å². The quantitative estimate of drug-likeness (QED) is 0.818. The summed E-state index contributed by atoms with van der Waals surface area (Å²) in [5.74, 6) is -1.11. The van der Waals surface area contributed by atoms with Gasteiger partial charge >= 0.3 is 12.1 Å². The zero-order valence-corrected chi connectivity index (χ0v) is 9.75. The maximum absolute atomic E-state index is 12.4. The van der Waals surface area contributed by atoms with Crippen LogP contribution in [0.5, 0.6) is 0 Å². The first-order chi connectivity index (χ1) is 8.39. The number of aromatic nitrogens is 2. The van der Waals surface area contributed by atoms with Gasteiger partial charge in [0.25, 0.3) is 0 Å². The van der Waals surface area contributed by atoms with Gasteiger partial charge in [-0.05, 0) is 0 Å². The zero-order chi connectivity index (χ0) is 13.3. The largest absolute Gasteiger partial charge is 0.480 e. The molecule has 1 aromatic heterocycles. The van der Waals surface area contributed by atoms with Gasteiger partial charge in [0.05, 0.1) is 0 Å². The van der Waals surface area contributed by atoms with E-state index in [1.54, 1.807) is 0 Å². The first kappa shape index (κ1) is 13.0. The van der Waals surface area contributed by atoms with Crippen molar-refractivity contribution in [2.24, 2.45) is 0 Å². The second-order valence-electron chi connectivity index (χ2n) is 3.64. The number of piperazine rings is 1. The van der Waals surface area contributed by atoms with Crippen LogP contribution < -0.4 is 10.2 Å². The van der Waals surface area contributed by atoms with Crippen molar-refractivity contribution in [2.75, 3.05) is 24.5 Å². The number of carboxylic acid groups (broad SMARTS) is 1. The molecule has 0 amide bonds. The fourth-order valence-electron chi connectivity index (χ4n) is 1.60. The predicted molar refractivity (Wildman–Crippen MR) is 56.6 cm³/mol. The van der Waals surface area contributed by atoms with Gasteiger partial charge in [-0.25, -0.2) is 4.79 Å². The molecule has 100 valence electrons. The van der Waals surface area contributed by atoms with Gasteiger partial charge in [-0.15, -0.1) is 10.2 Å². The third kappa shape index (κ3) is 2.53. The second kappa shape index (κ2) is 4.69. The minimum atomic E-state index is -4.55. The molecule has 1 saturated heterocycles. The lowest BCUT2D eigenvalue weighted by atomic mass is 10.2. The molecule has 10 heteroatoms. The average Bonchev–Trinajstić information content (AvgIpc) is 2.77. The fraction of sp³-hybridized carbons (Fsp3) is 0.625. The maximum atomic E-state index is 12.4. The van der Waals surface area contributed by atoms with Gasteiger partial charge in [0.2, 0.25) is 10.1 Å². The number of nitrogens with zero attached hydrogens (tertiary/aromatic N) is 3. The summed E-state index contributed by atoms with van der Waals surface area (Å²) in [7, 11) is 0. The van der Waals surface area contributed by atoms with Gasteiger partial charge in [-0.2, -0.15) is 13.2 Å². The number of halogens is 3. The molecule has 0 saturated carbocycles. The second-order valence-corrected chi connectivity index (χ2v) is 4.60. The van der Waals surface area contributed by atoms with Crippen LogP contribution in [0.2, 0.25) is 0 Å². The lowest BCUT2D eigenvalue weighted by Gasteiger charge is -2.32. The van der Waals surface area contributed by atoms with Gasteiger partial charge in [0.15, 0.2) is 0 Å². The molecule has 0 aliphatic carbocycles. The number of carboxylic acids is 1. The van der Waals surface area contributed by atoms with Crippen molar-refractivity contribution < 1.29 is 23.1 Å².